The first-order valence-corrected chi connectivity index (χ1v) is 4.14. The molecule has 1 aromatic carbocycles. The molecule has 0 spiro atoms. The smallest absolute Gasteiger partial charge is 0.159 e. The van der Waals surface area contributed by atoms with Gasteiger partial charge >= 0.3 is 0 Å². The van der Waals surface area contributed by atoms with Gasteiger partial charge in [-0.1, -0.05) is 11.6 Å². The SMILES string of the molecule is Cc1nnc(Cl)c2ccc(F)cc12. The lowest BCUT2D eigenvalue weighted by molar-refractivity contribution is 0.629. The minimum absolute atomic E-state index is 0.292. The van der Waals surface area contributed by atoms with Gasteiger partial charge in [-0.3, -0.25) is 0 Å². The summed E-state index contributed by atoms with van der Waals surface area (Å²) >= 11 is 5.79. The number of fused-ring (bicyclic) bond motifs is 1. The summed E-state index contributed by atoms with van der Waals surface area (Å²) in [5.74, 6) is -0.292. The summed E-state index contributed by atoms with van der Waals surface area (Å²) in [6, 6.07) is 4.37. The van der Waals surface area contributed by atoms with E-state index in [1.807, 2.05) is 0 Å². The first-order chi connectivity index (χ1) is 6.18. The van der Waals surface area contributed by atoms with Gasteiger partial charge in [-0.2, -0.15) is 5.10 Å². The number of aromatic nitrogens is 2. The second-order valence-corrected chi connectivity index (χ2v) is 3.12. The van der Waals surface area contributed by atoms with Crippen LogP contribution in [0.3, 0.4) is 0 Å². The molecule has 0 atom stereocenters. The average molecular weight is 197 g/mol. The molecule has 0 radical (unpaired) electrons. The maximum Gasteiger partial charge on any atom is 0.159 e. The fraction of sp³-hybridized carbons (Fsp3) is 0.111. The summed E-state index contributed by atoms with van der Waals surface area (Å²) in [6.07, 6.45) is 0. The average Bonchev–Trinajstić information content (AvgIpc) is 2.12. The molecule has 2 nitrogen and oxygen atoms in total. The molecule has 1 heterocycles. The Morgan fingerprint density at radius 1 is 1.23 bits per heavy atom. The van der Waals surface area contributed by atoms with Gasteiger partial charge in [0.25, 0.3) is 0 Å². The molecule has 0 aliphatic heterocycles. The van der Waals surface area contributed by atoms with Crippen molar-refractivity contribution in [3.8, 4) is 0 Å². The van der Waals surface area contributed by atoms with E-state index in [9.17, 15) is 4.39 Å². The Kier molecular flexibility index (Phi) is 1.88. The third-order valence-corrected chi connectivity index (χ3v) is 2.16. The van der Waals surface area contributed by atoms with Crippen LogP contribution in [0, 0.1) is 12.7 Å². The van der Waals surface area contributed by atoms with E-state index in [0.29, 0.717) is 16.2 Å². The number of hydrogen-bond donors (Lipinski definition) is 0. The maximum absolute atomic E-state index is 12.9. The Bertz CT molecular complexity index is 470. The monoisotopic (exact) mass is 196 g/mol. The van der Waals surface area contributed by atoms with Gasteiger partial charge < -0.3 is 0 Å². The molecule has 0 aliphatic carbocycles. The lowest BCUT2D eigenvalue weighted by Gasteiger charge is -2.01. The van der Waals surface area contributed by atoms with Gasteiger partial charge in [0.2, 0.25) is 0 Å². The first kappa shape index (κ1) is 8.38. The van der Waals surface area contributed by atoms with Gasteiger partial charge in [0.05, 0.1) is 5.69 Å². The molecule has 0 fully saturated rings. The van der Waals surface area contributed by atoms with Crippen LogP contribution in [0.4, 0.5) is 4.39 Å². The summed E-state index contributed by atoms with van der Waals surface area (Å²) < 4.78 is 12.9. The minimum Gasteiger partial charge on any atom is -0.207 e. The molecule has 0 unspecified atom stereocenters. The van der Waals surface area contributed by atoms with Gasteiger partial charge in [-0.25, -0.2) is 4.39 Å². The largest absolute Gasteiger partial charge is 0.207 e. The molecule has 0 aliphatic rings. The quantitative estimate of drug-likeness (QED) is 0.648. The highest BCUT2D eigenvalue weighted by molar-refractivity contribution is 6.34. The number of hydrogen-bond acceptors (Lipinski definition) is 2. The lowest BCUT2D eigenvalue weighted by Crippen LogP contribution is -1.90. The van der Waals surface area contributed by atoms with E-state index in [1.165, 1.54) is 12.1 Å². The molecule has 0 bridgehead atoms. The second kappa shape index (κ2) is 2.92. The number of benzene rings is 1. The predicted molar refractivity (Wildman–Crippen MR) is 49.2 cm³/mol. The molecule has 66 valence electrons. The summed E-state index contributed by atoms with van der Waals surface area (Å²) in [5.41, 5.74) is 0.680. The second-order valence-electron chi connectivity index (χ2n) is 2.77. The van der Waals surface area contributed by atoms with E-state index < -0.39 is 0 Å². The highest BCUT2D eigenvalue weighted by Gasteiger charge is 2.04. The molecule has 2 rings (SSSR count). The topological polar surface area (TPSA) is 25.8 Å². The van der Waals surface area contributed by atoms with Crippen molar-refractivity contribution in [2.24, 2.45) is 0 Å². The summed E-state index contributed by atoms with van der Waals surface area (Å²) in [7, 11) is 0. The van der Waals surface area contributed by atoms with Gasteiger partial charge in [-0.15, -0.1) is 5.10 Å². The molecule has 0 amide bonds. The van der Waals surface area contributed by atoms with Crippen molar-refractivity contribution in [1.29, 1.82) is 0 Å². The molecule has 1 aromatic heterocycles. The van der Waals surface area contributed by atoms with E-state index in [1.54, 1.807) is 13.0 Å². The van der Waals surface area contributed by atoms with Crippen LogP contribution in [0.15, 0.2) is 18.2 Å². The number of nitrogens with zero attached hydrogens (tertiary/aromatic N) is 2. The zero-order chi connectivity index (χ0) is 9.42. The number of aryl methyl sites for hydroxylation is 1. The van der Waals surface area contributed by atoms with Crippen molar-refractivity contribution in [3.05, 3.63) is 34.9 Å². The Labute approximate surface area is 79.4 Å². The third-order valence-electron chi connectivity index (χ3n) is 1.88. The van der Waals surface area contributed by atoms with Crippen LogP contribution in [0.2, 0.25) is 5.15 Å². The van der Waals surface area contributed by atoms with E-state index in [2.05, 4.69) is 10.2 Å². The molecular weight excluding hydrogens is 191 g/mol. The highest BCUT2D eigenvalue weighted by atomic mass is 35.5. The van der Waals surface area contributed by atoms with Crippen LogP contribution in [-0.4, -0.2) is 10.2 Å². The summed E-state index contributed by atoms with van der Waals surface area (Å²) in [4.78, 5) is 0. The number of halogens is 2. The maximum atomic E-state index is 12.9. The number of rotatable bonds is 0. The highest BCUT2D eigenvalue weighted by Crippen LogP contribution is 2.22. The van der Waals surface area contributed by atoms with Crippen molar-refractivity contribution < 1.29 is 4.39 Å². The Hall–Kier alpha value is -1.22. The van der Waals surface area contributed by atoms with Gasteiger partial charge in [0.1, 0.15) is 5.82 Å². The molecule has 0 saturated heterocycles. The zero-order valence-electron chi connectivity index (χ0n) is 6.88. The Morgan fingerprint density at radius 2 is 2.00 bits per heavy atom. The fourth-order valence-corrected chi connectivity index (χ4v) is 1.42. The third kappa shape index (κ3) is 1.35. The van der Waals surface area contributed by atoms with Crippen LogP contribution in [0.5, 0.6) is 0 Å². The van der Waals surface area contributed by atoms with Crippen molar-refractivity contribution in [2.45, 2.75) is 6.92 Å². The van der Waals surface area contributed by atoms with Gasteiger partial charge in [0, 0.05) is 10.8 Å². The standard InChI is InChI=1S/C9H6ClFN2/c1-5-8-4-6(11)2-3-7(8)9(10)13-12-5/h2-4H,1H3. The Balaban J connectivity index is 2.92. The predicted octanol–water partition coefficient (Wildman–Crippen LogP) is 2.73. The van der Waals surface area contributed by atoms with E-state index in [0.717, 1.165) is 5.39 Å². The van der Waals surface area contributed by atoms with E-state index in [4.69, 9.17) is 11.6 Å². The molecule has 13 heavy (non-hydrogen) atoms. The van der Waals surface area contributed by atoms with Crippen molar-refractivity contribution in [3.63, 3.8) is 0 Å². The first-order valence-electron chi connectivity index (χ1n) is 3.76. The van der Waals surface area contributed by atoms with E-state index >= 15 is 0 Å². The van der Waals surface area contributed by atoms with Crippen molar-refractivity contribution >= 4 is 22.4 Å². The van der Waals surface area contributed by atoms with Crippen molar-refractivity contribution in [2.75, 3.05) is 0 Å². The van der Waals surface area contributed by atoms with Crippen LogP contribution in [0.25, 0.3) is 10.8 Å². The Morgan fingerprint density at radius 3 is 2.77 bits per heavy atom. The zero-order valence-corrected chi connectivity index (χ0v) is 7.64. The summed E-state index contributed by atoms with van der Waals surface area (Å²) in [6.45, 7) is 1.77. The van der Waals surface area contributed by atoms with Gasteiger partial charge in [0.15, 0.2) is 5.15 Å². The van der Waals surface area contributed by atoms with Crippen LogP contribution < -0.4 is 0 Å². The van der Waals surface area contributed by atoms with Crippen LogP contribution in [0.1, 0.15) is 5.69 Å². The molecule has 0 N–H and O–H groups in total. The molecular formula is C9H6ClFN2. The van der Waals surface area contributed by atoms with Crippen LogP contribution >= 0.6 is 11.6 Å². The van der Waals surface area contributed by atoms with Crippen molar-refractivity contribution in [1.82, 2.24) is 10.2 Å². The molecule has 2 aromatic rings. The lowest BCUT2D eigenvalue weighted by atomic mass is 10.1. The van der Waals surface area contributed by atoms with E-state index in [-0.39, 0.29) is 5.82 Å². The molecule has 4 heteroatoms. The minimum atomic E-state index is -0.292. The fourth-order valence-electron chi connectivity index (χ4n) is 1.22. The normalized spacial score (nSPS) is 10.7. The summed E-state index contributed by atoms with van der Waals surface area (Å²) in [5, 5.41) is 9.28. The van der Waals surface area contributed by atoms with Crippen LogP contribution in [-0.2, 0) is 0 Å². The molecule has 0 saturated carbocycles. The van der Waals surface area contributed by atoms with Gasteiger partial charge in [-0.05, 0) is 25.1 Å².